The Kier molecular flexibility index (Phi) is 5.64. The Morgan fingerprint density at radius 2 is 1.97 bits per heavy atom. The summed E-state index contributed by atoms with van der Waals surface area (Å²) < 4.78 is 11.4. The molecule has 5 rings (SSSR count). The van der Waals surface area contributed by atoms with Gasteiger partial charge in [0.05, 0.1) is 13.5 Å². The van der Waals surface area contributed by atoms with Crippen LogP contribution < -0.4 is 4.74 Å². The van der Waals surface area contributed by atoms with Crippen molar-refractivity contribution in [1.29, 1.82) is 0 Å². The van der Waals surface area contributed by atoms with Crippen molar-refractivity contribution in [2.75, 3.05) is 20.2 Å². The normalized spacial score (nSPS) is 14.2. The van der Waals surface area contributed by atoms with Crippen molar-refractivity contribution in [2.45, 2.75) is 25.8 Å². The molecule has 1 aliphatic rings. The molecule has 162 valence electrons. The first-order valence-corrected chi connectivity index (χ1v) is 10.8. The second-order valence-corrected chi connectivity index (χ2v) is 7.99. The number of likely N-dealkylation sites (tertiary alicyclic amines) is 1. The fourth-order valence-electron chi connectivity index (χ4n) is 4.10. The number of nitrogens with zero attached hydrogens (tertiary/aromatic N) is 4. The quantitative estimate of drug-likeness (QED) is 0.406. The van der Waals surface area contributed by atoms with E-state index < -0.39 is 0 Å². The maximum absolute atomic E-state index is 13.0. The zero-order valence-electron chi connectivity index (χ0n) is 18.0. The Balaban J connectivity index is 1.34. The third-order valence-electron chi connectivity index (χ3n) is 5.77. The minimum Gasteiger partial charge on any atom is -0.496 e. The highest BCUT2D eigenvalue weighted by Gasteiger charge is 2.17. The van der Waals surface area contributed by atoms with Crippen LogP contribution in [0.25, 0.3) is 22.7 Å². The van der Waals surface area contributed by atoms with Gasteiger partial charge in [-0.15, -0.1) is 0 Å². The van der Waals surface area contributed by atoms with E-state index in [4.69, 9.17) is 9.15 Å². The monoisotopic (exact) mass is 428 g/mol. The van der Waals surface area contributed by atoms with Crippen molar-refractivity contribution in [3.05, 3.63) is 71.7 Å². The summed E-state index contributed by atoms with van der Waals surface area (Å²) in [6.45, 7) is 3.07. The van der Waals surface area contributed by atoms with Crippen LogP contribution in [0.4, 0.5) is 0 Å². The average molecular weight is 428 g/mol. The molecular weight excluding hydrogens is 404 g/mol. The lowest BCUT2D eigenvalue weighted by atomic mass is 10.0. The van der Waals surface area contributed by atoms with E-state index >= 15 is 0 Å². The van der Waals surface area contributed by atoms with E-state index in [0.29, 0.717) is 28.4 Å². The van der Waals surface area contributed by atoms with E-state index in [0.717, 1.165) is 36.5 Å². The van der Waals surface area contributed by atoms with Crippen LogP contribution in [0.1, 0.15) is 34.5 Å². The summed E-state index contributed by atoms with van der Waals surface area (Å²) in [4.78, 5) is 28.4. The van der Waals surface area contributed by atoms with Gasteiger partial charge in [0.15, 0.2) is 17.0 Å². The third kappa shape index (κ3) is 4.24. The Hall–Kier alpha value is -3.58. The maximum atomic E-state index is 13.0. The number of aromatic nitrogens is 3. The van der Waals surface area contributed by atoms with Crippen LogP contribution in [0.2, 0.25) is 0 Å². The van der Waals surface area contributed by atoms with E-state index in [1.54, 1.807) is 25.6 Å². The van der Waals surface area contributed by atoms with Crippen molar-refractivity contribution in [2.24, 2.45) is 0 Å². The second-order valence-electron chi connectivity index (χ2n) is 7.99. The van der Waals surface area contributed by atoms with Crippen molar-refractivity contribution in [3.8, 4) is 17.2 Å². The zero-order valence-corrected chi connectivity index (χ0v) is 18.0. The lowest BCUT2D eigenvalue weighted by Gasteiger charge is -2.17. The molecular formula is C25H24N4O3. The van der Waals surface area contributed by atoms with Gasteiger partial charge in [-0.2, -0.15) is 4.98 Å². The van der Waals surface area contributed by atoms with Gasteiger partial charge in [-0.3, -0.25) is 14.7 Å². The first kappa shape index (κ1) is 20.3. The molecule has 1 saturated heterocycles. The van der Waals surface area contributed by atoms with Gasteiger partial charge in [0.2, 0.25) is 5.89 Å². The highest BCUT2D eigenvalue weighted by molar-refractivity contribution is 5.97. The van der Waals surface area contributed by atoms with Crippen LogP contribution in [0.3, 0.4) is 0 Å². The lowest BCUT2D eigenvalue weighted by molar-refractivity contribution is 0.0991. The van der Waals surface area contributed by atoms with Crippen LogP contribution in [0.15, 0.2) is 59.3 Å². The highest BCUT2D eigenvalue weighted by atomic mass is 16.5. The predicted molar refractivity (Wildman–Crippen MR) is 121 cm³/mol. The molecule has 0 bridgehead atoms. The molecule has 0 saturated carbocycles. The number of oxazole rings is 1. The van der Waals surface area contributed by atoms with Gasteiger partial charge in [-0.25, -0.2) is 4.98 Å². The molecule has 7 heteroatoms. The minimum atomic E-state index is -0.0140. The van der Waals surface area contributed by atoms with Crippen LogP contribution >= 0.6 is 0 Å². The SMILES string of the molecule is COc1cc(C(=O)Cc2cc(-c3nc4ncccc4o3)ccn2)ccc1CN1CCCC1. The second kappa shape index (κ2) is 8.88. The van der Waals surface area contributed by atoms with Gasteiger partial charge in [0.25, 0.3) is 0 Å². The Morgan fingerprint density at radius 1 is 1.09 bits per heavy atom. The molecule has 0 amide bonds. The average Bonchev–Trinajstić information content (AvgIpc) is 3.49. The van der Waals surface area contributed by atoms with E-state index in [1.807, 2.05) is 36.4 Å². The molecule has 4 heterocycles. The molecule has 0 aliphatic carbocycles. The fourth-order valence-corrected chi connectivity index (χ4v) is 4.10. The molecule has 7 nitrogen and oxygen atoms in total. The molecule has 32 heavy (non-hydrogen) atoms. The summed E-state index contributed by atoms with van der Waals surface area (Å²) in [7, 11) is 1.65. The smallest absolute Gasteiger partial charge is 0.229 e. The molecule has 4 aromatic rings. The molecule has 1 fully saturated rings. The van der Waals surface area contributed by atoms with Crippen LogP contribution in [0.5, 0.6) is 5.75 Å². The number of hydrogen-bond donors (Lipinski definition) is 0. The summed E-state index contributed by atoms with van der Waals surface area (Å²) in [5, 5.41) is 0. The van der Waals surface area contributed by atoms with Gasteiger partial charge in [0.1, 0.15) is 5.75 Å². The summed E-state index contributed by atoms with van der Waals surface area (Å²) >= 11 is 0. The van der Waals surface area contributed by atoms with Crippen LogP contribution in [-0.4, -0.2) is 45.8 Å². The first-order valence-electron chi connectivity index (χ1n) is 10.8. The molecule has 0 spiro atoms. The van der Waals surface area contributed by atoms with E-state index in [2.05, 4.69) is 19.9 Å². The number of ether oxygens (including phenoxy) is 1. The summed E-state index contributed by atoms with van der Waals surface area (Å²) in [6.07, 6.45) is 6.01. The molecule has 1 aromatic carbocycles. The molecule has 0 unspecified atom stereocenters. The number of hydrogen-bond acceptors (Lipinski definition) is 7. The van der Waals surface area contributed by atoms with Gasteiger partial charge in [-0.05, 0) is 56.3 Å². The number of methoxy groups -OCH3 is 1. The maximum Gasteiger partial charge on any atom is 0.229 e. The summed E-state index contributed by atoms with van der Waals surface area (Å²) in [5.74, 6) is 1.20. The van der Waals surface area contributed by atoms with E-state index in [1.165, 1.54) is 12.8 Å². The molecule has 0 N–H and O–H groups in total. The fraction of sp³-hybridized carbons (Fsp3) is 0.280. The van der Waals surface area contributed by atoms with Crippen LogP contribution in [-0.2, 0) is 13.0 Å². The van der Waals surface area contributed by atoms with Crippen molar-refractivity contribution in [3.63, 3.8) is 0 Å². The number of benzene rings is 1. The number of rotatable bonds is 7. The first-order chi connectivity index (χ1) is 15.7. The molecule has 0 radical (unpaired) electrons. The molecule has 3 aromatic heterocycles. The van der Waals surface area contributed by atoms with Crippen molar-refractivity contribution in [1.82, 2.24) is 19.9 Å². The number of carbonyl (C=O) groups is 1. The number of pyridine rings is 2. The predicted octanol–water partition coefficient (Wildman–Crippen LogP) is 4.31. The minimum absolute atomic E-state index is 0.0140. The molecule has 1 aliphatic heterocycles. The van der Waals surface area contributed by atoms with Crippen LogP contribution in [0, 0.1) is 0 Å². The molecule has 0 atom stereocenters. The number of ketones is 1. The zero-order chi connectivity index (χ0) is 21.9. The summed E-state index contributed by atoms with van der Waals surface area (Å²) in [5.41, 5.74) is 4.32. The Labute approximate surface area is 186 Å². The largest absolute Gasteiger partial charge is 0.496 e. The number of Topliss-reactive ketones (excluding diaryl/α,β-unsaturated/α-hetero) is 1. The van der Waals surface area contributed by atoms with Crippen molar-refractivity contribution < 1.29 is 13.9 Å². The van der Waals surface area contributed by atoms with Gasteiger partial charge in [0, 0.05) is 41.3 Å². The Morgan fingerprint density at radius 3 is 2.78 bits per heavy atom. The third-order valence-corrected chi connectivity index (χ3v) is 5.77. The topological polar surface area (TPSA) is 81.3 Å². The number of carbonyl (C=O) groups excluding carboxylic acids is 1. The van der Waals surface area contributed by atoms with Gasteiger partial charge < -0.3 is 9.15 Å². The van der Waals surface area contributed by atoms with E-state index in [9.17, 15) is 4.79 Å². The Bertz CT molecular complexity index is 1230. The lowest BCUT2D eigenvalue weighted by Crippen LogP contribution is -2.19. The van der Waals surface area contributed by atoms with Gasteiger partial charge in [-0.1, -0.05) is 12.1 Å². The number of fused-ring (bicyclic) bond motifs is 1. The van der Waals surface area contributed by atoms with E-state index in [-0.39, 0.29) is 12.2 Å². The van der Waals surface area contributed by atoms with Crippen molar-refractivity contribution >= 4 is 17.0 Å². The highest BCUT2D eigenvalue weighted by Crippen LogP contribution is 2.26. The van der Waals surface area contributed by atoms with Gasteiger partial charge >= 0.3 is 0 Å². The summed E-state index contributed by atoms with van der Waals surface area (Å²) in [6, 6.07) is 13.0. The standard InChI is InChI=1S/C25H24N4O3/c1-31-23-14-17(6-7-19(23)16-29-11-2-3-12-29)21(30)15-20-13-18(8-10-26-20)25-28-24-22(32-25)5-4-9-27-24/h4-10,13-14H,2-3,11-12,15-16H2,1H3.